The molecule has 2 amide bonds. The minimum Gasteiger partial charge on any atom is -0.440 e. The summed E-state index contributed by atoms with van der Waals surface area (Å²) in [4.78, 5) is 53.1. The van der Waals surface area contributed by atoms with Gasteiger partial charge in [0.25, 0.3) is 0 Å². The Morgan fingerprint density at radius 3 is 1.93 bits per heavy atom. The number of likely N-dealkylation sites (N-methyl/N-ethyl adjacent to an activating group) is 2. The van der Waals surface area contributed by atoms with Gasteiger partial charge in [0.2, 0.25) is 23.0 Å². The summed E-state index contributed by atoms with van der Waals surface area (Å²) in [6.07, 6.45) is 5.62. The van der Waals surface area contributed by atoms with Gasteiger partial charge in [0.15, 0.2) is 11.5 Å². The van der Waals surface area contributed by atoms with Crippen LogP contribution in [0.25, 0.3) is 11.1 Å². The number of halogens is 2. The number of fused-ring (bicyclic) bond motifs is 3. The van der Waals surface area contributed by atoms with Crippen molar-refractivity contribution in [3.63, 3.8) is 0 Å². The highest BCUT2D eigenvalue weighted by atomic mass is 35.5. The van der Waals surface area contributed by atoms with Crippen molar-refractivity contribution in [1.29, 1.82) is 0 Å². The van der Waals surface area contributed by atoms with Crippen LogP contribution in [0.15, 0.2) is 32.4 Å². The Morgan fingerprint density at radius 1 is 0.745 bits per heavy atom. The molecule has 9 rings (SSSR count). The summed E-state index contributed by atoms with van der Waals surface area (Å²) in [5, 5.41) is 7.59. The largest absolute Gasteiger partial charge is 0.440 e. The fourth-order valence-electron chi connectivity index (χ4n) is 7.75. The van der Waals surface area contributed by atoms with Gasteiger partial charge < -0.3 is 29.8 Å². The maximum atomic E-state index is 12.7. The molecule has 0 radical (unpaired) electrons. The van der Waals surface area contributed by atoms with Crippen LogP contribution in [0.1, 0.15) is 61.7 Å². The molecule has 55 heavy (non-hydrogen) atoms. The lowest BCUT2D eigenvalue weighted by molar-refractivity contribution is -0.132. The van der Waals surface area contributed by atoms with Crippen molar-refractivity contribution in [3.8, 4) is 0 Å². The predicted molar refractivity (Wildman–Crippen MR) is 211 cm³/mol. The molecule has 19 heteroatoms. The van der Waals surface area contributed by atoms with Gasteiger partial charge in [-0.15, -0.1) is 0 Å². The predicted octanol–water partition coefficient (Wildman–Crippen LogP) is 4.18. The highest BCUT2D eigenvalue weighted by molar-refractivity contribution is 7.85. The summed E-state index contributed by atoms with van der Waals surface area (Å²) in [6, 6.07) is 5.70. The second kappa shape index (κ2) is 15.9. The molecule has 3 saturated heterocycles. The first-order valence-corrected chi connectivity index (χ1v) is 21.9. The number of aromatic nitrogens is 5. The van der Waals surface area contributed by atoms with Crippen molar-refractivity contribution in [2.24, 2.45) is 0 Å². The maximum absolute atomic E-state index is 12.7. The molecule has 0 bridgehead atoms. The number of carbonyl (C=O) groups excluding carboxylic acids is 2. The Balaban J connectivity index is 0.000000181. The quantitative estimate of drug-likeness (QED) is 0.265. The Hall–Kier alpha value is -3.93. The van der Waals surface area contributed by atoms with Crippen LogP contribution < -0.4 is 15.5 Å². The number of oxazole rings is 1. The lowest BCUT2D eigenvalue weighted by Crippen LogP contribution is -2.43. The molecule has 4 atom stereocenters. The van der Waals surface area contributed by atoms with Crippen LogP contribution in [0.2, 0.25) is 10.3 Å². The van der Waals surface area contributed by atoms with Crippen LogP contribution in [-0.4, -0.2) is 119 Å². The van der Waals surface area contributed by atoms with Gasteiger partial charge in [0.05, 0.1) is 33.0 Å². The number of hydrogen-bond donors (Lipinski definition) is 2. The standard InChI is InChI=1S/C24H27ClN6O3S.C12H15ClN4O2S/c1-30-13-16(3-5-20(30)32)26-22-21-18(8-11-35(21)33)28-24(29-22)31-9-6-14(7-10-31)23-27-17-4-2-15(25)12-19(17)34-23;1-17-6-7(2-3-9(17)18)14-11-10-8(4-5-20(10)19)15-12(13)16-11/h2,4,12,14,16H,3,5-11,13H2,1H3,(H,26,28,29);7H,2-6H2,1H3,(H,14,15,16)/t16-,35?;7-,20?/m00/s1. The summed E-state index contributed by atoms with van der Waals surface area (Å²) in [7, 11) is 1.44. The third-order valence-corrected chi connectivity index (χ3v) is 14.1. The van der Waals surface area contributed by atoms with E-state index in [1.165, 1.54) is 0 Å². The van der Waals surface area contributed by atoms with Crippen molar-refractivity contribution in [2.75, 3.05) is 67.3 Å². The molecular weight excluding hydrogens is 788 g/mol. The molecule has 0 aliphatic carbocycles. The monoisotopic (exact) mass is 828 g/mol. The van der Waals surface area contributed by atoms with Gasteiger partial charge in [-0.2, -0.15) is 9.97 Å². The van der Waals surface area contributed by atoms with Gasteiger partial charge in [-0.3, -0.25) is 18.0 Å². The molecule has 1 aromatic carbocycles. The van der Waals surface area contributed by atoms with E-state index >= 15 is 0 Å². The molecule has 8 heterocycles. The number of piperidine rings is 3. The zero-order valence-electron chi connectivity index (χ0n) is 30.6. The average Bonchev–Trinajstić information content (AvgIpc) is 3.88. The minimum absolute atomic E-state index is 0.0838. The third kappa shape index (κ3) is 8.16. The normalized spacial score (nSPS) is 24.1. The number of aryl methyl sites for hydroxylation is 2. The van der Waals surface area contributed by atoms with Crippen molar-refractivity contribution in [1.82, 2.24) is 34.7 Å². The summed E-state index contributed by atoms with van der Waals surface area (Å²) in [6.45, 7) is 2.79. The average molecular weight is 830 g/mol. The van der Waals surface area contributed by atoms with E-state index in [1.54, 1.807) is 22.9 Å². The summed E-state index contributed by atoms with van der Waals surface area (Å²) >= 11 is 12.0. The Kier molecular flexibility index (Phi) is 11.0. The van der Waals surface area contributed by atoms with Gasteiger partial charge >= 0.3 is 0 Å². The van der Waals surface area contributed by atoms with Crippen LogP contribution in [0.4, 0.5) is 17.6 Å². The van der Waals surface area contributed by atoms with Crippen LogP contribution >= 0.6 is 23.2 Å². The number of nitrogens with zero attached hydrogens (tertiary/aromatic N) is 8. The second-order valence-corrected chi connectivity index (χ2v) is 18.4. The molecule has 15 nitrogen and oxygen atoms in total. The number of amides is 2. The SMILES string of the molecule is CN1C[C@@H](Nc2nc(Cl)nc3c2S(=O)CC3)CCC1=O.CN1C[C@@H](Nc2nc(N3CCC(c4nc5ccc(Cl)cc5o4)CC3)nc3c2S(=O)CC3)CCC1=O. The van der Waals surface area contributed by atoms with E-state index in [9.17, 15) is 18.0 Å². The zero-order chi connectivity index (χ0) is 38.4. The van der Waals surface area contributed by atoms with Gasteiger partial charge in [0, 0.05) is 107 Å². The first kappa shape index (κ1) is 38.0. The van der Waals surface area contributed by atoms with Gasteiger partial charge in [-0.25, -0.2) is 15.0 Å². The van der Waals surface area contributed by atoms with Crippen LogP contribution in [0.3, 0.4) is 0 Å². The van der Waals surface area contributed by atoms with Crippen molar-refractivity contribution >= 4 is 85.3 Å². The van der Waals surface area contributed by atoms with Gasteiger partial charge in [-0.05, 0) is 49.4 Å². The Bertz CT molecular complexity index is 2200. The van der Waals surface area contributed by atoms with Crippen LogP contribution in [-0.2, 0) is 44.0 Å². The first-order valence-electron chi connectivity index (χ1n) is 18.5. The number of likely N-dealkylation sites (tertiary alicyclic amines) is 2. The molecule has 5 aliphatic heterocycles. The van der Waals surface area contributed by atoms with E-state index < -0.39 is 21.6 Å². The fourth-order valence-corrected chi connectivity index (χ4v) is 10.7. The molecule has 2 unspecified atom stereocenters. The summed E-state index contributed by atoms with van der Waals surface area (Å²) in [5.74, 6) is 4.33. The van der Waals surface area contributed by atoms with Gasteiger partial charge in [0.1, 0.15) is 26.9 Å². The molecule has 0 spiro atoms. The molecule has 3 aromatic heterocycles. The molecule has 4 aromatic rings. The molecule has 292 valence electrons. The van der Waals surface area contributed by atoms with Gasteiger partial charge in [-0.1, -0.05) is 11.6 Å². The first-order chi connectivity index (χ1) is 26.5. The highest BCUT2D eigenvalue weighted by Gasteiger charge is 2.33. The third-order valence-electron chi connectivity index (χ3n) is 10.8. The smallest absolute Gasteiger partial charge is 0.227 e. The molecule has 2 N–H and O–H groups in total. The number of nitrogens with one attached hydrogen (secondary N) is 2. The van der Waals surface area contributed by atoms with Crippen molar-refractivity contribution < 1.29 is 22.4 Å². The fraction of sp³-hybridized carbons (Fsp3) is 0.528. The molecule has 3 fully saturated rings. The summed E-state index contributed by atoms with van der Waals surface area (Å²) < 4.78 is 30.8. The van der Waals surface area contributed by atoms with E-state index in [-0.39, 0.29) is 35.1 Å². The lowest BCUT2D eigenvalue weighted by Gasteiger charge is -2.32. The number of anilines is 3. The minimum atomic E-state index is -1.10. The van der Waals surface area contributed by atoms with E-state index in [2.05, 4.69) is 30.5 Å². The van der Waals surface area contributed by atoms with Crippen molar-refractivity contribution in [2.45, 2.75) is 79.2 Å². The maximum Gasteiger partial charge on any atom is 0.227 e. The Morgan fingerprint density at radius 2 is 1.33 bits per heavy atom. The zero-order valence-corrected chi connectivity index (χ0v) is 33.7. The van der Waals surface area contributed by atoms with E-state index in [0.717, 1.165) is 72.0 Å². The molecule has 0 saturated carbocycles. The van der Waals surface area contributed by atoms with E-state index in [0.29, 0.717) is 77.8 Å². The number of rotatable bonds is 6. The van der Waals surface area contributed by atoms with E-state index in [4.69, 9.17) is 37.6 Å². The second-order valence-electron chi connectivity index (χ2n) is 14.6. The lowest BCUT2D eigenvalue weighted by atomic mass is 9.97. The number of carbonyl (C=O) groups is 2. The molecular formula is C36H42Cl2N10O5S2. The van der Waals surface area contributed by atoms with Crippen molar-refractivity contribution in [3.05, 3.63) is 45.8 Å². The highest BCUT2D eigenvalue weighted by Crippen LogP contribution is 2.35. The summed E-state index contributed by atoms with van der Waals surface area (Å²) in [5.41, 5.74) is 3.18. The van der Waals surface area contributed by atoms with Crippen LogP contribution in [0.5, 0.6) is 0 Å². The van der Waals surface area contributed by atoms with E-state index in [1.807, 2.05) is 19.2 Å². The topological polar surface area (TPSA) is 180 Å². The molecule has 5 aliphatic rings. The number of benzene rings is 1. The Labute approximate surface area is 333 Å². The number of hydrogen-bond acceptors (Lipinski definition) is 13. The van der Waals surface area contributed by atoms with Crippen LogP contribution in [0, 0.1) is 0 Å².